The molecule has 1 heterocycles. The van der Waals surface area contributed by atoms with Crippen LogP contribution in [0.5, 0.6) is 0 Å². The number of anilines is 1. The Bertz CT molecular complexity index is 729. The molecule has 0 atom stereocenters. The van der Waals surface area contributed by atoms with Crippen molar-refractivity contribution in [1.82, 2.24) is 4.90 Å². The van der Waals surface area contributed by atoms with Crippen LogP contribution < -0.4 is 10.6 Å². The zero-order chi connectivity index (χ0) is 18.4. The van der Waals surface area contributed by atoms with Crippen molar-refractivity contribution >= 4 is 47.2 Å². The third kappa shape index (κ3) is 6.26. The van der Waals surface area contributed by atoms with Gasteiger partial charge in [-0.1, -0.05) is 35.9 Å². The predicted molar refractivity (Wildman–Crippen MR) is 123 cm³/mol. The van der Waals surface area contributed by atoms with Gasteiger partial charge in [-0.2, -0.15) is 0 Å². The molecule has 0 amide bonds. The summed E-state index contributed by atoms with van der Waals surface area (Å²) in [6, 6.07) is 15.9. The highest BCUT2D eigenvalue weighted by Gasteiger charge is 2.18. The van der Waals surface area contributed by atoms with Gasteiger partial charge in [-0.05, 0) is 41.8 Å². The van der Waals surface area contributed by atoms with E-state index in [0.717, 1.165) is 43.2 Å². The van der Waals surface area contributed by atoms with Crippen molar-refractivity contribution in [2.24, 2.45) is 10.7 Å². The number of hydrogen-bond donors (Lipinski definition) is 2. The molecular weight excluding hydrogens is 475 g/mol. The van der Waals surface area contributed by atoms with Gasteiger partial charge in [0.25, 0.3) is 0 Å². The number of nitrogens with zero attached hydrogens (tertiary/aromatic N) is 3. The molecule has 1 aliphatic heterocycles. The summed E-state index contributed by atoms with van der Waals surface area (Å²) in [6.07, 6.45) is 0.844. The lowest BCUT2D eigenvalue weighted by Gasteiger charge is -2.36. The predicted octanol–water partition coefficient (Wildman–Crippen LogP) is 3.13. The van der Waals surface area contributed by atoms with Crippen molar-refractivity contribution in [3.05, 3.63) is 64.7 Å². The lowest BCUT2D eigenvalue weighted by Crippen LogP contribution is -2.51. The van der Waals surface area contributed by atoms with Crippen molar-refractivity contribution in [2.75, 3.05) is 37.6 Å². The number of rotatable bonds is 5. The van der Waals surface area contributed by atoms with E-state index in [1.165, 1.54) is 11.3 Å². The van der Waals surface area contributed by atoms with Crippen molar-refractivity contribution in [1.29, 1.82) is 0 Å². The van der Waals surface area contributed by atoms with E-state index >= 15 is 0 Å². The zero-order valence-corrected chi connectivity index (χ0v) is 18.3. The van der Waals surface area contributed by atoms with Crippen LogP contribution in [-0.4, -0.2) is 48.7 Å². The maximum absolute atomic E-state index is 9.07. The molecule has 0 radical (unpaired) electrons. The molecule has 0 aliphatic carbocycles. The standard InChI is InChI=1S/C20H25ClN4O.HI/c21-18-5-7-19(8-6-18)24-11-13-25(14-12-24)20(22)23-10-9-16-1-3-17(15-26)4-2-16;/h1-8,26H,9-15H2,(H2,22,23);1H. The average Bonchev–Trinajstić information content (AvgIpc) is 2.69. The fourth-order valence-corrected chi connectivity index (χ4v) is 3.18. The summed E-state index contributed by atoms with van der Waals surface area (Å²) in [5, 5.41) is 9.83. The fourth-order valence-electron chi connectivity index (χ4n) is 3.06. The first-order valence-electron chi connectivity index (χ1n) is 8.90. The number of aliphatic hydroxyl groups is 1. The summed E-state index contributed by atoms with van der Waals surface area (Å²) in [4.78, 5) is 9.01. The number of benzene rings is 2. The molecule has 1 aliphatic rings. The van der Waals surface area contributed by atoms with Crippen LogP contribution in [0.4, 0.5) is 5.69 Å². The molecule has 1 saturated heterocycles. The Morgan fingerprint density at radius 2 is 1.56 bits per heavy atom. The van der Waals surface area contributed by atoms with Crippen molar-refractivity contribution < 1.29 is 5.11 Å². The molecule has 0 bridgehead atoms. The lowest BCUT2D eigenvalue weighted by atomic mass is 10.1. The number of piperazine rings is 1. The Balaban J connectivity index is 0.00000261. The van der Waals surface area contributed by atoms with Gasteiger partial charge >= 0.3 is 0 Å². The van der Waals surface area contributed by atoms with Crippen LogP contribution in [-0.2, 0) is 13.0 Å². The molecule has 3 rings (SSSR count). The van der Waals surface area contributed by atoms with E-state index in [2.05, 4.69) is 26.9 Å². The second-order valence-corrected chi connectivity index (χ2v) is 6.85. The largest absolute Gasteiger partial charge is 0.392 e. The first-order valence-corrected chi connectivity index (χ1v) is 9.27. The molecule has 0 saturated carbocycles. The quantitative estimate of drug-likeness (QED) is 0.376. The minimum atomic E-state index is 0. The molecule has 5 nitrogen and oxygen atoms in total. The average molecular weight is 501 g/mol. The van der Waals surface area contributed by atoms with Crippen molar-refractivity contribution in [3.63, 3.8) is 0 Å². The molecule has 2 aromatic rings. The minimum Gasteiger partial charge on any atom is -0.392 e. The Kier molecular flexibility index (Phi) is 8.66. The summed E-state index contributed by atoms with van der Waals surface area (Å²) in [5.74, 6) is 0.618. The van der Waals surface area contributed by atoms with E-state index in [1.54, 1.807) is 0 Å². The topological polar surface area (TPSA) is 65.1 Å². The van der Waals surface area contributed by atoms with Gasteiger partial charge in [-0.15, -0.1) is 24.0 Å². The van der Waals surface area contributed by atoms with Crippen LogP contribution in [0.1, 0.15) is 11.1 Å². The molecule has 0 spiro atoms. The lowest BCUT2D eigenvalue weighted by molar-refractivity contribution is 0.282. The van der Waals surface area contributed by atoms with E-state index in [9.17, 15) is 0 Å². The second-order valence-electron chi connectivity index (χ2n) is 6.42. The smallest absolute Gasteiger partial charge is 0.191 e. The van der Waals surface area contributed by atoms with Gasteiger partial charge in [0.1, 0.15) is 0 Å². The SMILES string of the molecule is I.NC(=NCCc1ccc(CO)cc1)N1CCN(c2ccc(Cl)cc2)CC1. The summed E-state index contributed by atoms with van der Waals surface area (Å²) >= 11 is 5.95. The highest BCUT2D eigenvalue weighted by Crippen LogP contribution is 2.19. The first-order chi connectivity index (χ1) is 12.7. The number of halogens is 2. The van der Waals surface area contributed by atoms with E-state index in [-0.39, 0.29) is 30.6 Å². The molecular formula is C20H26ClIN4O. The third-order valence-corrected chi connectivity index (χ3v) is 4.93. The van der Waals surface area contributed by atoms with Gasteiger partial charge in [-0.3, -0.25) is 4.99 Å². The van der Waals surface area contributed by atoms with E-state index in [1.807, 2.05) is 36.4 Å². The normalized spacial score (nSPS) is 14.8. The third-order valence-electron chi connectivity index (χ3n) is 4.68. The molecule has 3 N–H and O–H groups in total. The Morgan fingerprint density at radius 1 is 0.963 bits per heavy atom. The van der Waals surface area contributed by atoms with Gasteiger partial charge in [0.05, 0.1) is 6.61 Å². The molecule has 146 valence electrons. The summed E-state index contributed by atoms with van der Waals surface area (Å²) in [5.41, 5.74) is 9.49. The van der Waals surface area contributed by atoms with E-state index in [0.29, 0.717) is 12.5 Å². The molecule has 0 aromatic heterocycles. The van der Waals surface area contributed by atoms with Gasteiger partial charge in [-0.25, -0.2) is 0 Å². The van der Waals surface area contributed by atoms with Crippen molar-refractivity contribution in [3.8, 4) is 0 Å². The number of aliphatic hydroxyl groups excluding tert-OH is 1. The molecule has 0 unspecified atom stereocenters. The number of nitrogens with two attached hydrogens (primary N) is 1. The van der Waals surface area contributed by atoms with Crippen LogP contribution >= 0.6 is 35.6 Å². The Hall–Kier alpha value is -1.51. The highest BCUT2D eigenvalue weighted by atomic mass is 127. The summed E-state index contributed by atoms with van der Waals surface area (Å²) < 4.78 is 0. The van der Waals surface area contributed by atoms with Crippen LogP contribution in [0.15, 0.2) is 53.5 Å². The number of guanidine groups is 1. The summed E-state index contributed by atoms with van der Waals surface area (Å²) in [6.45, 7) is 4.31. The fraction of sp³-hybridized carbons (Fsp3) is 0.350. The van der Waals surface area contributed by atoms with E-state index in [4.69, 9.17) is 22.4 Å². The zero-order valence-electron chi connectivity index (χ0n) is 15.2. The highest BCUT2D eigenvalue weighted by molar-refractivity contribution is 14.0. The van der Waals surface area contributed by atoms with Crippen LogP contribution in [0.25, 0.3) is 0 Å². The molecule has 27 heavy (non-hydrogen) atoms. The van der Waals surface area contributed by atoms with Gasteiger partial charge in [0.15, 0.2) is 5.96 Å². The van der Waals surface area contributed by atoms with Crippen LogP contribution in [0, 0.1) is 0 Å². The molecule has 1 fully saturated rings. The second kappa shape index (κ2) is 10.7. The van der Waals surface area contributed by atoms with Gasteiger partial charge < -0.3 is 20.6 Å². The number of aliphatic imine (C=N–C) groups is 1. The monoisotopic (exact) mass is 500 g/mol. The molecule has 7 heteroatoms. The summed E-state index contributed by atoms with van der Waals surface area (Å²) in [7, 11) is 0. The first kappa shape index (κ1) is 21.8. The van der Waals surface area contributed by atoms with Crippen molar-refractivity contribution in [2.45, 2.75) is 13.0 Å². The Labute approximate surface area is 182 Å². The minimum absolute atomic E-state index is 0. The van der Waals surface area contributed by atoms with Crippen LogP contribution in [0.2, 0.25) is 5.02 Å². The molecule has 2 aromatic carbocycles. The van der Waals surface area contributed by atoms with Gasteiger partial charge in [0, 0.05) is 43.4 Å². The maximum Gasteiger partial charge on any atom is 0.191 e. The maximum atomic E-state index is 9.07. The van der Waals surface area contributed by atoms with E-state index < -0.39 is 0 Å². The number of hydrogen-bond acceptors (Lipinski definition) is 3. The van der Waals surface area contributed by atoms with Gasteiger partial charge in [0.2, 0.25) is 0 Å². The van der Waals surface area contributed by atoms with Crippen LogP contribution in [0.3, 0.4) is 0 Å². The Morgan fingerprint density at radius 3 is 2.15 bits per heavy atom.